The number of nitrogens with one attached hydrogen (secondary N) is 1. The molecule has 0 bridgehead atoms. The molecular weight excluding hydrogens is 348 g/mol. The van der Waals surface area contributed by atoms with Gasteiger partial charge in [-0.15, -0.1) is 0 Å². The molecule has 1 amide bonds. The maximum atomic E-state index is 13.1. The molecule has 2 aromatic carbocycles. The van der Waals surface area contributed by atoms with Crippen LogP contribution in [0.25, 0.3) is 0 Å². The number of likely N-dealkylation sites (tertiary alicyclic amines) is 1. The van der Waals surface area contributed by atoms with Crippen LogP contribution in [0.4, 0.5) is 5.69 Å². The zero-order valence-electron chi connectivity index (χ0n) is 15.8. The zero-order valence-corrected chi connectivity index (χ0v) is 15.8. The number of hydrogen-bond donors (Lipinski definition) is 1. The molecule has 3 aromatic rings. The van der Waals surface area contributed by atoms with Crippen LogP contribution in [-0.2, 0) is 13.1 Å². The van der Waals surface area contributed by atoms with Crippen LogP contribution in [-0.4, -0.2) is 33.9 Å². The Morgan fingerprint density at radius 2 is 1.75 bits per heavy atom. The molecule has 2 aliphatic rings. The monoisotopic (exact) mass is 372 g/mol. The van der Waals surface area contributed by atoms with Crippen molar-refractivity contribution in [2.24, 2.45) is 0 Å². The molecule has 0 unspecified atom stereocenters. The second-order valence-electron chi connectivity index (χ2n) is 7.72. The number of imidazole rings is 1. The van der Waals surface area contributed by atoms with Crippen molar-refractivity contribution < 1.29 is 4.79 Å². The van der Waals surface area contributed by atoms with E-state index in [1.165, 1.54) is 11.1 Å². The van der Waals surface area contributed by atoms with Gasteiger partial charge in [-0.25, -0.2) is 4.98 Å². The molecule has 142 valence electrons. The van der Waals surface area contributed by atoms with Gasteiger partial charge in [0.05, 0.1) is 0 Å². The largest absolute Gasteiger partial charge is 0.363 e. The number of carbonyl (C=O) groups is 1. The summed E-state index contributed by atoms with van der Waals surface area (Å²) in [5, 5.41) is 0. The van der Waals surface area contributed by atoms with Crippen molar-refractivity contribution in [2.75, 3.05) is 18.0 Å². The summed E-state index contributed by atoms with van der Waals surface area (Å²) >= 11 is 0. The lowest BCUT2D eigenvalue weighted by Crippen LogP contribution is -2.38. The maximum absolute atomic E-state index is 13.1. The molecule has 2 aliphatic heterocycles. The van der Waals surface area contributed by atoms with Crippen LogP contribution in [0.1, 0.15) is 46.1 Å². The van der Waals surface area contributed by atoms with E-state index in [1.54, 1.807) is 6.20 Å². The summed E-state index contributed by atoms with van der Waals surface area (Å²) in [6.07, 6.45) is 5.59. The molecule has 5 rings (SSSR count). The van der Waals surface area contributed by atoms with Crippen LogP contribution in [0.2, 0.25) is 0 Å². The normalized spacial score (nSPS) is 17.0. The Hall–Kier alpha value is -3.08. The summed E-state index contributed by atoms with van der Waals surface area (Å²) < 4.78 is 0. The second kappa shape index (κ2) is 7.15. The zero-order chi connectivity index (χ0) is 18.9. The first kappa shape index (κ1) is 17.0. The number of H-pyrrole nitrogens is 1. The number of carbonyl (C=O) groups excluding carboxylic acids is 1. The number of amides is 1. The van der Waals surface area contributed by atoms with Gasteiger partial charge in [0.1, 0.15) is 5.82 Å². The second-order valence-corrected chi connectivity index (χ2v) is 7.72. The molecule has 0 saturated carbocycles. The quantitative estimate of drug-likeness (QED) is 0.757. The SMILES string of the molecule is O=C(c1cccc(N2Cc3ccccc3C2)c1)N1CCC(c2ncc[nH]2)CC1. The smallest absolute Gasteiger partial charge is 0.253 e. The minimum absolute atomic E-state index is 0.136. The fourth-order valence-electron chi connectivity index (χ4n) is 4.39. The molecule has 1 fully saturated rings. The average Bonchev–Trinajstić information content (AvgIpc) is 3.43. The molecule has 0 radical (unpaired) electrons. The summed E-state index contributed by atoms with van der Waals surface area (Å²) in [5.41, 5.74) is 4.65. The van der Waals surface area contributed by atoms with Crippen molar-refractivity contribution >= 4 is 11.6 Å². The standard InChI is InChI=1S/C23H24N4O/c28-23(26-12-8-17(9-13-26)22-24-10-11-25-22)18-6-3-7-21(14-18)27-15-19-4-1-2-5-20(19)16-27/h1-7,10-11,14,17H,8-9,12-13,15-16H2,(H,24,25). The first-order valence-corrected chi connectivity index (χ1v) is 9.98. The third kappa shape index (κ3) is 3.17. The number of anilines is 1. The van der Waals surface area contributed by atoms with Crippen LogP contribution >= 0.6 is 0 Å². The van der Waals surface area contributed by atoms with Crippen LogP contribution in [0, 0.1) is 0 Å². The van der Waals surface area contributed by atoms with Gasteiger partial charge in [-0.2, -0.15) is 0 Å². The molecule has 0 spiro atoms. The Labute approximate surface area is 165 Å². The predicted octanol–water partition coefficient (Wildman–Crippen LogP) is 3.95. The number of piperidine rings is 1. The lowest BCUT2D eigenvalue weighted by atomic mass is 9.95. The Bertz CT molecular complexity index is 949. The van der Waals surface area contributed by atoms with Crippen molar-refractivity contribution in [1.29, 1.82) is 0 Å². The molecule has 1 saturated heterocycles. The van der Waals surface area contributed by atoms with Gasteiger partial charge in [0.15, 0.2) is 0 Å². The van der Waals surface area contributed by atoms with Gasteiger partial charge in [-0.3, -0.25) is 4.79 Å². The fourth-order valence-corrected chi connectivity index (χ4v) is 4.39. The summed E-state index contributed by atoms with van der Waals surface area (Å²) in [6, 6.07) is 16.7. The summed E-state index contributed by atoms with van der Waals surface area (Å²) in [7, 11) is 0. The Morgan fingerprint density at radius 3 is 2.43 bits per heavy atom. The van der Waals surface area contributed by atoms with Gasteiger partial charge >= 0.3 is 0 Å². The van der Waals surface area contributed by atoms with E-state index < -0.39 is 0 Å². The molecule has 0 aliphatic carbocycles. The highest BCUT2D eigenvalue weighted by atomic mass is 16.2. The molecular formula is C23H24N4O. The molecule has 0 atom stereocenters. The van der Waals surface area contributed by atoms with E-state index in [-0.39, 0.29) is 5.91 Å². The highest BCUT2D eigenvalue weighted by Crippen LogP contribution is 2.30. The van der Waals surface area contributed by atoms with Gasteiger partial charge in [0.2, 0.25) is 0 Å². The maximum Gasteiger partial charge on any atom is 0.253 e. The van der Waals surface area contributed by atoms with Crippen LogP contribution in [0.5, 0.6) is 0 Å². The summed E-state index contributed by atoms with van der Waals surface area (Å²) in [4.78, 5) is 25.0. The highest BCUT2D eigenvalue weighted by molar-refractivity contribution is 5.95. The number of nitrogens with zero attached hydrogens (tertiary/aromatic N) is 3. The number of rotatable bonds is 3. The fraction of sp³-hybridized carbons (Fsp3) is 0.304. The third-order valence-corrected chi connectivity index (χ3v) is 5.99. The molecule has 3 heterocycles. The van der Waals surface area contributed by atoms with E-state index in [1.807, 2.05) is 29.3 Å². The van der Waals surface area contributed by atoms with Gasteiger partial charge in [-0.1, -0.05) is 30.3 Å². The van der Waals surface area contributed by atoms with Crippen molar-refractivity contribution in [3.63, 3.8) is 0 Å². The first-order valence-electron chi connectivity index (χ1n) is 9.98. The Kier molecular flexibility index (Phi) is 4.35. The molecule has 5 nitrogen and oxygen atoms in total. The molecule has 1 N–H and O–H groups in total. The Morgan fingerprint density at radius 1 is 1.00 bits per heavy atom. The van der Waals surface area contributed by atoms with Gasteiger partial charge < -0.3 is 14.8 Å². The van der Waals surface area contributed by atoms with Gasteiger partial charge in [0.25, 0.3) is 5.91 Å². The van der Waals surface area contributed by atoms with E-state index in [9.17, 15) is 4.79 Å². The van der Waals surface area contributed by atoms with Crippen LogP contribution < -0.4 is 4.90 Å². The van der Waals surface area contributed by atoms with Crippen LogP contribution in [0.3, 0.4) is 0 Å². The van der Waals surface area contributed by atoms with E-state index >= 15 is 0 Å². The lowest BCUT2D eigenvalue weighted by molar-refractivity contribution is 0.0711. The summed E-state index contributed by atoms with van der Waals surface area (Å²) in [5.74, 6) is 1.60. The molecule has 1 aromatic heterocycles. The number of hydrogen-bond acceptors (Lipinski definition) is 3. The van der Waals surface area contributed by atoms with E-state index in [4.69, 9.17) is 0 Å². The van der Waals surface area contributed by atoms with Gasteiger partial charge in [0, 0.05) is 55.7 Å². The van der Waals surface area contributed by atoms with E-state index in [0.717, 1.165) is 56.1 Å². The number of fused-ring (bicyclic) bond motifs is 1. The van der Waals surface area contributed by atoms with E-state index in [2.05, 4.69) is 45.2 Å². The first-order chi connectivity index (χ1) is 13.8. The highest BCUT2D eigenvalue weighted by Gasteiger charge is 2.26. The number of benzene rings is 2. The van der Waals surface area contributed by atoms with Crippen molar-refractivity contribution in [2.45, 2.75) is 31.8 Å². The molecule has 28 heavy (non-hydrogen) atoms. The van der Waals surface area contributed by atoms with Gasteiger partial charge in [-0.05, 0) is 42.2 Å². The van der Waals surface area contributed by atoms with Crippen LogP contribution in [0.15, 0.2) is 60.9 Å². The van der Waals surface area contributed by atoms with Crippen molar-refractivity contribution in [3.05, 3.63) is 83.4 Å². The topological polar surface area (TPSA) is 52.2 Å². The predicted molar refractivity (Wildman–Crippen MR) is 109 cm³/mol. The minimum Gasteiger partial charge on any atom is -0.363 e. The van der Waals surface area contributed by atoms with Crippen molar-refractivity contribution in [3.8, 4) is 0 Å². The number of aromatic nitrogens is 2. The van der Waals surface area contributed by atoms with Crippen molar-refractivity contribution in [1.82, 2.24) is 14.9 Å². The average molecular weight is 372 g/mol. The van der Waals surface area contributed by atoms with E-state index in [0.29, 0.717) is 5.92 Å². The Balaban J connectivity index is 1.27. The third-order valence-electron chi connectivity index (χ3n) is 5.99. The molecule has 5 heteroatoms. The minimum atomic E-state index is 0.136. The lowest BCUT2D eigenvalue weighted by Gasteiger charge is -2.31. The number of aromatic amines is 1. The summed E-state index contributed by atoms with van der Waals surface area (Å²) in [6.45, 7) is 3.37.